The van der Waals surface area contributed by atoms with Gasteiger partial charge in [-0.1, -0.05) is 60.7 Å². The number of nitrogens with one attached hydrogen (secondary N) is 1. The molecule has 2 rings (SSSR count). The quantitative estimate of drug-likeness (QED) is 0.785. The molecule has 0 aliphatic heterocycles. The molecule has 0 aromatic heterocycles. The Morgan fingerprint density at radius 3 is 1.60 bits per heavy atom. The van der Waals surface area contributed by atoms with Crippen molar-refractivity contribution < 1.29 is 17.3 Å². The third-order valence-corrected chi connectivity index (χ3v) is 3.50. The summed E-state index contributed by atoms with van der Waals surface area (Å²) < 4.78 is 0. The predicted molar refractivity (Wildman–Crippen MR) is 82.2 cm³/mol. The average molecular weight is 288 g/mol. The van der Waals surface area contributed by atoms with E-state index in [0.717, 1.165) is 0 Å². The van der Waals surface area contributed by atoms with Crippen molar-refractivity contribution in [2.45, 2.75) is 13.0 Å². The van der Waals surface area contributed by atoms with E-state index < -0.39 is 0 Å². The summed E-state index contributed by atoms with van der Waals surface area (Å²) in [5.74, 6) is 0. The number of quaternary nitrogens is 1. The standard InChI is InChI=1S/C18H21N.ClH/c1-15(19(2)3)14-18(16-10-6-4-7-11-16)17-12-8-5-9-13-17;/h4-15H,1-3H3;1H. The van der Waals surface area contributed by atoms with Crippen LogP contribution in [0.1, 0.15) is 18.1 Å². The minimum atomic E-state index is 0. The molecule has 2 aromatic carbocycles. The monoisotopic (exact) mass is 287 g/mol. The van der Waals surface area contributed by atoms with E-state index in [-0.39, 0.29) is 12.4 Å². The van der Waals surface area contributed by atoms with Gasteiger partial charge in [-0.05, 0) is 29.7 Å². The van der Waals surface area contributed by atoms with Gasteiger partial charge in [0, 0.05) is 0 Å². The Bertz CT molecular complexity index is 490. The van der Waals surface area contributed by atoms with Gasteiger partial charge in [-0.3, -0.25) is 0 Å². The average Bonchev–Trinajstić information content (AvgIpc) is 2.46. The van der Waals surface area contributed by atoms with Crippen LogP contribution in [-0.2, 0) is 0 Å². The van der Waals surface area contributed by atoms with Gasteiger partial charge in [0.25, 0.3) is 0 Å². The maximum atomic E-state index is 2.36. The van der Waals surface area contributed by atoms with Crippen molar-refractivity contribution in [1.29, 1.82) is 0 Å². The first-order valence-electron chi connectivity index (χ1n) is 6.81. The lowest BCUT2D eigenvalue weighted by Crippen LogP contribution is -3.09. The van der Waals surface area contributed by atoms with Gasteiger partial charge in [-0.25, -0.2) is 0 Å². The van der Waals surface area contributed by atoms with Crippen molar-refractivity contribution in [3.05, 3.63) is 77.9 Å². The third-order valence-electron chi connectivity index (χ3n) is 3.50. The third kappa shape index (κ3) is 4.22. The number of rotatable bonds is 4. The Hall–Kier alpha value is -1.57. The Morgan fingerprint density at radius 2 is 1.25 bits per heavy atom. The molecular weight excluding hydrogens is 266 g/mol. The van der Waals surface area contributed by atoms with Gasteiger partial charge < -0.3 is 17.3 Å². The van der Waals surface area contributed by atoms with Gasteiger partial charge in [0.2, 0.25) is 0 Å². The minimum absolute atomic E-state index is 0. The zero-order chi connectivity index (χ0) is 13.7. The number of hydrogen-bond acceptors (Lipinski definition) is 0. The summed E-state index contributed by atoms with van der Waals surface area (Å²) in [6, 6.07) is 21.7. The van der Waals surface area contributed by atoms with Crippen LogP contribution in [0, 0.1) is 0 Å². The van der Waals surface area contributed by atoms with Crippen molar-refractivity contribution in [3.63, 3.8) is 0 Å². The van der Waals surface area contributed by atoms with Crippen molar-refractivity contribution >= 4 is 5.57 Å². The molecule has 0 spiro atoms. The normalized spacial score (nSPS) is 11.6. The highest BCUT2D eigenvalue weighted by atomic mass is 35.5. The van der Waals surface area contributed by atoms with Crippen molar-refractivity contribution in [3.8, 4) is 0 Å². The summed E-state index contributed by atoms with van der Waals surface area (Å²) >= 11 is 0. The Morgan fingerprint density at radius 1 is 0.850 bits per heavy atom. The summed E-state index contributed by atoms with van der Waals surface area (Å²) in [4.78, 5) is 1.43. The molecule has 0 bridgehead atoms. The van der Waals surface area contributed by atoms with Crippen LogP contribution in [-0.4, -0.2) is 20.1 Å². The van der Waals surface area contributed by atoms with E-state index in [1.54, 1.807) is 0 Å². The molecule has 1 nitrogen and oxygen atoms in total. The second-order valence-electron chi connectivity index (χ2n) is 5.18. The lowest BCUT2D eigenvalue weighted by molar-refractivity contribution is -0.876. The molecular formula is C18H22ClN. The summed E-state index contributed by atoms with van der Waals surface area (Å²) in [5, 5.41) is 0. The van der Waals surface area contributed by atoms with Crippen LogP contribution in [0.5, 0.6) is 0 Å². The van der Waals surface area contributed by atoms with E-state index in [9.17, 15) is 0 Å². The largest absolute Gasteiger partial charge is 1.00 e. The van der Waals surface area contributed by atoms with E-state index in [0.29, 0.717) is 6.04 Å². The van der Waals surface area contributed by atoms with Crippen molar-refractivity contribution in [1.82, 2.24) is 0 Å². The Kier molecular flexibility index (Phi) is 6.50. The Balaban J connectivity index is 0.00000200. The van der Waals surface area contributed by atoms with Gasteiger partial charge in [-0.15, -0.1) is 0 Å². The first-order chi connectivity index (χ1) is 9.18. The molecule has 0 saturated heterocycles. The van der Waals surface area contributed by atoms with Crippen LogP contribution in [0.25, 0.3) is 5.57 Å². The predicted octanol–water partition coefficient (Wildman–Crippen LogP) is -0.345. The van der Waals surface area contributed by atoms with Crippen LogP contribution < -0.4 is 17.3 Å². The molecule has 20 heavy (non-hydrogen) atoms. The molecule has 0 radical (unpaired) electrons. The van der Waals surface area contributed by atoms with Crippen LogP contribution in [0.2, 0.25) is 0 Å². The molecule has 2 heteroatoms. The van der Waals surface area contributed by atoms with Crippen molar-refractivity contribution in [2.24, 2.45) is 0 Å². The summed E-state index contributed by atoms with van der Waals surface area (Å²) in [6.45, 7) is 2.25. The van der Waals surface area contributed by atoms with E-state index in [1.165, 1.54) is 21.6 Å². The molecule has 0 saturated carbocycles. The SMILES string of the molecule is CC(C=C(c1ccccc1)c1ccccc1)[NH+](C)C.[Cl-]. The summed E-state index contributed by atoms with van der Waals surface area (Å²) in [5.41, 5.74) is 3.87. The molecule has 0 fully saturated rings. The second-order valence-corrected chi connectivity index (χ2v) is 5.18. The van der Waals surface area contributed by atoms with E-state index in [2.05, 4.69) is 87.8 Å². The molecule has 1 unspecified atom stereocenters. The molecule has 0 aliphatic rings. The molecule has 2 aromatic rings. The fraction of sp³-hybridized carbons (Fsp3) is 0.222. The number of halogens is 1. The smallest absolute Gasteiger partial charge is 0.104 e. The maximum absolute atomic E-state index is 2.36. The number of hydrogen-bond donors (Lipinski definition) is 1. The molecule has 0 aliphatic carbocycles. The minimum Gasteiger partial charge on any atom is -1.00 e. The highest BCUT2D eigenvalue weighted by Crippen LogP contribution is 2.23. The van der Waals surface area contributed by atoms with Crippen molar-refractivity contribution in [2.75, 3.05) is 14.1 Å². The van der Waals surface area contributed by atoms with Gasteiger partial charge in [-0.2, -0.15) is 0 Å². The first-order valence-corrected chi connectivity index (χ1v) is 6.81. The van der Waals surface area contributed by atoms with Crippen LogP contribution in [0.3, 0.4) is 0 Å². The van der Waals surface area contributed by atoms with Crippen LogP contribution in [0.15, 0.2) is 66.7 Å². The topological polar surface area (TPSA) is 4.44 Å². The second kappa shape index (κ2) is 7.88. The van der Waals surface area contributed by atoms with Gasteiger partial charge in [0.1, 0.15) is 6.04 Å². The van der Waals surface area contributed by atoms with Gasteiger partial charge >= 0.3 is 0 Å². The van der Waals surface area contributed by atoms with E-state index in [1.807, 2.05) is 0 Å². The van der Waals surface area contributed by atoms with E-state index >= 15 is 0 Å². The maximum Gasteiger partial charge on any atom is 0.104 e. The first kappa shape index (κ1) is 16.5. The molecule has 106 valence electrons. The van der Waals surface area contributed by atoms with Gasteiger partial charge in [0.05, 0.1) is 14.1 Å². The summed E-state index contributed by atoms with van der Waals surface area (Å²) in [6.07, 6.45) is 2.36. The highest BCUT2D eigenvalue weighted by molar-refractivity contribution is 5.79. The fourth-order valence-electron chi connectivity index (χ4n) is 2.01. The lowest BCUT2D eigenvalue weighted by Gasteiger charge is -2.16. The van der Waals surface area contributed by atoms with Crippen LogP contribution in [0.4, 0.5) is 0 Å². The lowest BCUT2D eigenvalue weighted by atomic mass is 9.96. The highest BCUT2D eigenvalue weighted by Gasteiger charge is 2.10. The molecule has 1 atom stereocenters. The molecule has 0 heterocycles. The van der Waals surface area contributed by atoms with Gasteiger partial charge in [0.15, 0.2) is 0 Å². The zero-order valence-electron chi connectivity index (χ0n) is 12.3. The number of benzene rings is 2. The number of likely N-dealkylation sites (N-methyl/N-ethyl adjacent to an activating group) is 1. The molecule has 0 amide bonds. The van der Waals surface area contributed by atoms with E-state index in [4.69, 9.17) is 0 Å². The fourth-order valence-corrected chi connectivity index (χ4v) is 2.01. The summed E-state index contributed by atoms with van der Waals surface area (Å²) in [7, 11) is 4.38. The zero-order valence-corrected chi connectivity index (χ0v) is 13.1. The molecule has 1 N–H and O–H groups in total. The van der Waals surface area contributed by atoms with Crippen LogP contribution >= 0.6 is 0 Å². The Labute approximate surface area is 128 Å².